The normalized spacial score (nSPS) is 21.7. The fraction of sp³-hybridized carbons (Fsp3) is 0.700. The molecule has 0 aliphatic carbocycles. The molecule has 0 radical (unpaired) electrons. The molecular weight excluding hydrogens is 176 g/mol. The Morgan fingerprint density at radius 2 is 2.57 bits per heavy atom. The minimum atomic E-state index is 0.629. The number of nitrogens with zero attached hydrogens (tertiary/aromatic N) is 2. The van der Waals surface area contributed by atoms with Crippen LogP contribution >= 0.6 is 0 Å². The zero-order chi connectivity index (χ0) is 9.97. The van der Waals surface area contributed by atoms with E-state index >= 15 is 0 Å². The van der Waals surface area contributed by atoms with Crippen molar-refractivity contribution in [2.45, 2.75) is 25.9 Å². The molecule has 1 aliphatic heterocycles. The molecule has 0 bridgehead atoms. The molecule has 0 amide bonds. The van der Waals surface area contributed by atoms with Gasteiger partial charge in [-0.05, 0) is 25.5 Å². The van der Waals surface area contributed by atoms with Gasteiger partial charge in [0.05, 0.1) is 11.9 Å². The van der Waals surface area contributed by atoms with Crippen LogP contribution in [0.1, 0.15) is 17.7 Å². The lowest BCUT2D eigenvalue weighted by molar-refractivity contribution is 0.526. The molecule has 0 aromatic carbocycles. The average Bonchev–Trinajstić information content (AvgIpc) is 2.76. The molecular formula is C10H18N4. The van der Waals surface area contributed by atoms with Gasteiger partial charge in [-0.2, -0.15) is 5.10 Å². The summed E-state index contributed by atoms with van der Waals surface area (Å²) in [4.78, 5) is 0. The third-order valence-corrected chi connectivity index (χ3v) is 2.89. The molecule has 2 N–H and O–H groups in total. The van der Waals surface area contributed by atoms with E-state index in [1.807, 2.05) is 17.9 Å². The molecule has 1 fully saturated rings. The quantitative estimate of drug-likeness (QED) is 0.721. The number of aryl methyl sites for hydroxylation is 2. The van der Waals surface area contributed by atoms with Gasteiger partial charge in [-0.3, -0.25) is 4.68 Å². The lowest BCUT2D eigenvalue weighted by Crippen LogP contribution is -2.31. The Balaban J connectivity index is 1.90. The first-order valence-electron chi connectivity index (χ1n) is 5.19. The van der Waals surface area contributed by atoms with Gasteiger partial charge in [-0.25, -0.2) is 0 Å². The van der Waals surface area contributed by atoms with Crippen LogP contribution in [0, 0.1) is 6.92 Å². The predicted molar refractivity (Wildman–Crippen MR) is 56.1 cm³/mol. The summed E-state index contributed by atoms with van der Waals surface area (Å²) in [5.74, 6) is 0. The van der Waals surface area contributed by atoms with Crippen LogP contribution in [-0.4, -0.2) is 28.9 Å². The first-order chi connectivity index (χ1) is 6.77. The highest BCUT2D eigenvalue weighted by atomic mass is 15.3. The summed E-state index contributed by atoms with van der Waals surface area (Å²) < 4.78 is 1.95. The number of aromatic nitrogens is 2. The summed E-state index contributed by atoms with van der Waals surface area (Å²) in [5.41, 5.74) is 2.56. The highest BCUT2D eigenvalue weighted by molar-refractivity contribution is 5.15. The van der Waals surface area contributed by atoms with E-state index in [1.165, 1.54) is 17.7 Å². The molecule has 2 heterocycles. The molecule has 1 aromatic heterocycles. The van der Waals surface area contributed by atoms with Crippen LogP contribution in [0.3, 0.4) is 0 Å². The van der Waals surface area contributed by atoms with Crippen LogP contribution in [0.25, 0.3) is 0 Å². The molecule has 78 valence electrons. The second-order valence-corrected chi connectivity index (χ2v) is 3.97. The maximum absolute atomic E-state index is 4.22. The number of hydrogen-bond acceptors (Lipinski definition) is 3. The van der Waals surface area contributed by atoms with Gasteiger partial charge in [0, 0.05) is 26.2 Å². The van der Waals surface area contributed by atoms with Gasteiger partial charge in [0.1, 0.15) is 0 Å². The topological polar surface area (TPSA) is 41.9 Å². The Morgan fingerprint density at radius 1 is 1.71 bits per heavy atom. The first-order valence-corrected chi connectivity index (χ1v) is 5.19. The predicted octanol–water partition coefficient (Wildman–Crippen LogP) is 0.180. The molecule has 4 heteroatoms. The third-order valence-electron chi connectivity index (χ3n) is 2.89. The Bertz CT molecular complexity index is 280. The van der Waals surface area contributed by atoms with Gasteiger partial charge in [-0.1, -0.05) is 0 Å². The summed E-state index contributed by atoms with van der Waals surface area (Å²) in [5, 5.41) is 11.1. The van der Waals surface area contributed by atoms with Gasteiger partial charge >= 0.3 is 0 Å². The summed E-state index contributed by atoms with van der Waals surface area (Å²) >= 11 is 0. The van der Waals surface area contributed by atoms with Crippen LogP contribution in [-0.2, 0) is 13.6 Å². The van der Waals surface area contributed by atoms with E-state index in [4.69, 9.17) is 0 Å². The minimum Gasteiger partial charge on any atom is -0.315 e. The Hall–Kier alpha value is -0.870. The highest BCUT2D eigenvalue weighted by Gasteiger charge is 2.14. The van der Waals surface area contributed by atoms with Gasteiger partial charge in [-0.15, -0.1) is 0 Å². The fourth-order valence-electron chi connectivity index (χ4n) is 1.90. The number of nitrogens with one attached hydrogen (secondary N) is 2. The Morgan fingerprint density at radius 3 is 3.14 bits per heavy atom. The van der Waals surface area contributed by atoms with Crippen molar-refractivity contribution in [1.82, 2.24) is 20.4 Å². The number of rotatable bonds is 3. The van der Waals surface area contributed by atoms with Crippen LogP contribution in [0.15, 0.2) is 6.20 Å². The monoisotopic (exact) mass is 194 g/mol. The summed E-state index contributed by atoms with van der Waals surface area (Å²) in [6.45, 7) is 5.27. The van der Waals surface area contributed by atoms with Crippen molar-refractivity contribution >= 4 is 0 Å². The maximum Gasteiger partial charge on any atom is 0.0547 e. The Labute approximate surface area is 84.7 Å². The fourth-order valence-corrected chi connectivity index (χ4v) is 1.90. The molecule has 2 rings (SSSR count). The molecule has 1 aromatic rings. The van der Waals surface area contributed by atoms with Gasteiger partial charge in [0.25, 0.3) is 0 Å². The second kappa shape index (κ2) is 4.11. The molecule has 14 heavy (non-hydrogen) atoms. The molecule has 1 aliphatic rings. The van der Waals surface area contributed by atoms with Crippen molar-refractivity contribution in [3.05, 3.63) is 17.5 Å². The van der Waals surface area contributed by atoms with E-state index in [0.29, 0.717) is 6.04 Å². The smallest absolute Gasteiger partial charge is 0.0547 e. The summed E-state index contributed by atoms with van der Waals surface area (Å²) in [6, 6.07) is 0.629. The van der Waals surface area contributed by atoms with Crippen molar-refractivity contribution in [1.29, 1.82) is 0 Å². The minimum absolute atomic E-state index is 0.629. The number of hydrogen-bond donors (Lipinski definition) is 2. The molecule has 0 spiro atoms. The van der Waals surface area contributed by atoms with Crippen LogP contribution < -0.4 is 10.6 Å². The summed E-state index contributed by atoms with van der Waals surface area (Å²) in [6.07, 6.45) is 3.15. The van der Waals surface area contributed by atoms with E-state index in [0.717, 1.165) is 19.6 Å². The van der Waals surface area contributed by atoms with Crippen molar-refractivity contribution in [3.8, 4) is 0 Å². The van der Waals surface area contributed by atoms with Gasteiger partial charge in [0.2, 0.25) is 0 Å². The van der Waals surface area contributed by atoms with Crippen LogP contribution in [0.4, 0.5) is 0 Å². The lowest BCUT2D eigenvalue weighted by Gasteiger charge is -2.11. The average molecular weight is 194 g/mol. The van der Waals surface area contributed by atoms with E-state index in [1.54, 1.807) is 0 Å². The van der Waals surface area contributed by atoms with Crippen molar-refractivity contribution in [2.75, 3.05) is 13.1 Å². The first kappa shape index (κ1) is 9.68. The lowest BCUT2D eigenvalue weighted by atomic mass is 10.2. The molecule has 1 unspecified atom stereocenters. The maximum atomic E-state index is 4.22. The molecule has 1 saturated heterocycles. The van der Waals surface area contributed by atoms with Crippen LogP contribution in [0.5, 0.6) is 0 Å². The largest absolute Gasteiger partial charge is 0.315 e. The van der Waals surface area contributed by atoms with E-state index in [2.05, 4.69) is 22.7 Å². The highest BCUT2D eigenvalue weighted by Crippen LogP contribution is 2.06. The van der Waals surface area contributed by atoms with Crippen molar-refractivity contribution < 1.29 is 0 Å². The SMILES string of the molecule is Cc1cnn(C)c1CNC1CCNC1. The van der Waals surface area contributed by atoms with E-state index in [9.17, 15) is 0 Å². The van der Waals surface area contributed by atoms with E-state index < -0.39 is 0 Å². The van der Waals surface area contributed by atoms with Crippen molar-refractivity contribution in [3.63, 3.8) is 0 Å². The molecule has 1 atom stereocenters. The zero-order valence-corrected chi connectivity index (χ0v) is 8.88. The standard InChI is InChI=1S/C10H18N4/c1-8-5-13-14(2)10(8)7-12-9-3-4-11-6-9/h5,9,11-12H,3-4,6-7H2,1-2H3. The van der Waals surface area contributed by atoms with E-state index in [-0.39, 0.29) is 0 Å². The van der Waals surface area contributed by atoms with Gasteiger partial charge in [0.15, 0.2) is 0 Å². The Kier molecular flexibility index (Phi) is 2.84. The van der Waals surface area contributed by atoms with Gasteiger partial charge < -0.3 is 10.6 Å². The summed E-state index contributed by atoms with van der Waals surface area (Å²) in [7, 11) is 2.00. The molecule has 4 nitrogen and oxygen atoms in total. The third kappa shape index (κ3) is 1.96. The van der Waals surface area contributed by atoms with Crippen LogP contribution in [0.2, 0.25) is 0 Å². The van der Waals surface area contributed by atoms with Crippen molar-refractivity contribution in [2.24, 2.45) is 7.05 Å². The second-order valence-electron chi connectivity index (χ2n) is 3.97. The zero-order valence-electron chi connectivity index (χ0n) is 8.88. The molecule has 0 saturated carbocycles.